The van der Waals surface area contributed by atoms with Crippen molar-refractivity contribution in [3.63, 3.8) is 0 Å². The van der Waals surface area contributed by atoms with Crippen LogP contribution >= 0.6 is 11.6 Å². The summed E-state index contributed by atoms with van der Waals surface area (Å²) in [6.07, 6.45) is 1.75. The van der Waals surface area contributed by atoms with E-state index in [1.807, 2.05) is 13.8 Å². The van der Waals surface area contributed by atoms with Crippen LogP contribution in [-0.2, 0) is 6.42 Å². The highest BCUT2D eigenvalue weighted by Gasteiger charge is 2.28. The van der Waals surface area contributed by atoms with E-state index in [2.05, 4.69) is 0 Å². The molecular formula is C12H14ClNO2. The Morgan fingerprint density at radius 3 is 2.81 bits per heavy atom. The van der Waals surface area contributed by atoms with Gasteiger partial charge in [-0.1, -0.05) is 11.6 Å². The molecule has 0 radical (unpaired) electrons. The van der Waals surface area contributed by atoms with Gasteiger partial charge in [-0.25, -0.2) is 0 Å². The molecule has 0 bridgehead atoms. The standard InChI is InChI=1S/C12H14ClNO2/c1-12(2)4-3-7-5-8(11(14)15)6-9(13)10(7)16-12/h5-6H,3-4H2,1-2H3,(H2,14,15). The summed E-state index contributed by atoms with van der Waals surface area (Å²) >= 11 is 6.09. The number of ether oxygens (including phenoxy) is 1. The van der Waals surface area contributed by atoms with Crippen LogP contribution in [0.4, 0.5) is 0 Å². The summed E-state index contributed by atoms with van der Waals surface area (Å²) in [6, 6.07) is 3.32. The van der Waals surface area contributed by atoms with Crippen LogP contribution in [0.15, 0.2) is 12.1 Å². The predicted molar refractivity (Wildman–Crippen MR) is 63.0 cm³/mol. The van der Waals surface area contributed by atoms with Gasteiger partial charge in [-0.05, 0) is 44.4 Å². The number of rotatable bonds is 1. The molecule has 1 aliphatic heterocycles. The maximum Gasteiger partial charge on any atom is 0.248 e. The number of carbonyl (C=O) groups is 1. The first-order valence-corrected chi connectivity index (χ1v) is 5.58. The van der Waals surface area contributed by atoms with Gasteiger partial charge in [-0.2, -0.15) is 0 Å². The third-order valence-electron chi connectivity index (χ3n) is 2.78. The van der Waals surface area contributed by atoms with E-state index >= 15 is 0 Å². The number of amides is 1. The molecule has 1 aromatic rings. The van der Waals surface area contributed by atoms with Gasteiger partial charge < -0.3 is 10.5 Å². The van der Waals surface area contributed by atoms with Gasteiger partial charge in [0, 0.05) is 5.56 Å². The van der Waals surface area contributed by atoms with E-state index in [9.17, 15) is 4.79 Å². The first-order chi connectivity index (χ1) is 7.39. The molecule has 1 amide bonds. The fourth-order valence-electron chi connectivity index (χ4n) is 1.86. The normalized spacial score (nSPS) is 17.4. The van der Waals surface area contributed by atoms with Crippen molar-refractivity contribution in [1.29, 1.82) is 0 Å². The number of fused-ring (bicyclic) bond motifs is 1. The first-order valence-electron chi connectivity index (χ1n) is 5.20. The summed E-state index contributed by atoms with van der Waals surface area (Å²) in [7, 11) is 0. The third-order valence-corrected chi connectivity index (χ3v) is 3.06. The van der Waals surface area contributed by atoms with Crippen molar-refractivity contribution < 1.29 is 9.53 Å². The minimum atomic E-state index is -0.463. The molecule has 0 aromatic heterocycles. The number of carbonyl (C=O) groups excluding carboxylic acids is 1. The number of hydrogen-bond donors (Lipinski definition) is 1. The van der Waals surface area contributed by atoms with E-state index in [0.717, 1.165) is 18.4 Å². The molecule has 2 N–H and O–H groups in total. The number of nitrogens with two attached hydrogens (primary N) is 1. The Balaban J connectivity index is 2.48. The van der Waals surface area contributed by atoms with Crippen LogP contribution in [-0.4, -0.2) is 11.5 Å². The summed E-state index contributed by atoms with van der Waals surface area (Å²) in [5, 5.41) is 0.457. The predicted octanol–water partition coefficient (Wildman–Crippen LogP) is 2.54. The molecule has 0 atom stereocenters. The molecule has 0 saturated carbocycles. The molecule has 0 fully saturated rings. The largest absolute Gasteiger partial charge is 0.486 e. The Labute approximate surface area is 99.5 Å². The number of benzene rings is 1. The quantitative estimate of drug-likeness (QED) is 0.819. The van der Waals surface area contributed by atoms with Gasteiger partial charge in [0.15, 0.2) is 0 Å². The lowest BCUT2D eigenvalue weighted by Crippen LogP contribution is -2.33. The lowest BCUT2D eigenvalue weighted by Gasteiger charge is -2.33. The summed E-state index contributed by atoms with van der Waals surface area (Å²) in [4.78, 5) is 11.1. The lowest BCUT2D eigenvalue weighted by molar-refractivity contribution is 0.0847. The van der Waals surface area contributed by atoms with Crippen LogP contribution in [0.3, 0.4) is 0 Å². The van der Waals surface area contributed by atoms with Crippen molar-refractivity contribution in [2.45, 2.75) is 32.3 Å². The SMILES string of the molecule is CC1(C)CCc2cc(C(N)=O)cc(Cl)c2O1. The molecule has 1 aliphatic rings. The second-order valence-corrected chi connectivity index (χ2v) is 5.08. The Kier molecular flexibility index (Phi) is 2.58. The van der Waals surface area contributed by atoms with Gasteiger partial charge in [0.1, 0.15) is 11.4 Å². The molecule has 2 rings (SSSR count). The number of primary amides is 1. The Hall–Kier alpha value is -1.22. The molecule has 0 spiro atoms. The summed E-state index contributed by atoms with van der Waals surface area (Å²) in [5.41, 5.74) is 6.42. The van der Waals surface area contributed by atoms with Crippen molar-refractivity contribution >= 4 is 17.5 Å². The average Bonchev–Trinajstić information content (AvgIpc) is 2.18. The Bertz CT molecular complexity index is 455. The van der Waals surface area contributed by atoms with Crippen LogP contribution in [0.5, 0.6) is 5.75 Å². The fraction of sp³-hybridized carbons (Fsp3) is 0.417. The zero-order chi connectivity index (χ0) is 11.9. The summed E-state index contributed by atoms with van der Waals surface area (Å²) in [5.74, 6) is 0.220. The molecule has 4 heteroatoms. The molecule has 0 saturated heterocycles. The van der Waals surface area contributed by atoms with Crippen molar-refractivity contribution in [3.05, 3.63) is 28.3 Å². The molecular weight excluding hydrogens is 226 g/mol. The van der Waals surface area contributed by atoms with Crippen molar-refractivity contribution in [2.24, 2.45) is 5.73 Å². The van der Waals surface area contributed by atoms with Gasteiger partial charge in [0.25, 0.3) is 0 Å². The highest BCUT2D eigenvalue weighted by atomic mass is 35.5. The fourth-order valence-corrected chi connectivity index (χ4v) is 2.13. The monoisotopic (exact) mass is 239 g/mol. The maximum atomic E-state index is 11.1. The van der Waals surface area contributed by atoms with Gasteiger partial charge in [0.05, 0.1) is 5.02 Å². The molecule has 3 nitrogen and oxygen atoms in total. The minimum absolute atomic E-state index is 0.203. The molecule has 16 heavy (non-hydrogen) atoms. The van der Waals surface area contributed by atoms with Crippen LogP contribution in [0, 0.1) is 0 Å². The van der Waals surface area contributed by atoms with Crippen LogP contribution in [0.25, 0.3) is 0 Å². The first kappa shape index (κ1) is 11.3. The molecule has 0 unspecified atom stereocenters. The van der Waals surface area contributed by atoms with Gasteiger partial charge in [0.2, 0.25) is 5.91 Å². The number of hydrogen-bond acceptors (Lipinski definition) is 2. The van der Waals surface area contributed by atoms with Crippen LogP contribution in [0.1, 0.15) is 36.2 Å². The van der Waals surface area contributed by atoms with Crippen molar-refractivity contribution in [1.82, 2.24) is 0 Å². The van der Waals surface area contributed by atoms with Crippen LogP contribution < -0.4 is 10.5 Å². The molecule has 0 aliphatic carbocycles. The van der Waals surface area contributed by atoms with Crippen molar-refractivity contribution in [3.8, 4) is 5.75 Å². The zero-order valence-corrected chi connectivity index (χ0v) is 10.1. The lowest BCUT2D eigenvalue weighted by atomic mass is 9.93. The van der Waals surface area contributed by atoms with Gasteiger partial charge >= 0.3 is 0 Å². The molecule has 1 aromatic carbocycles. The van der Waals surface area contributed by atoms with E-state index in [4.69, 9.17) is 22.1 Å². The van der Waals surface area contributed by atoms with Crippen molar-refractivity contribution in [2.75, 3.05) is 0 Å². The topological polar surface area (TPSA) is 52.3 Å². The second-order valence-electron chi connectivity index (χ2n) is 4.67. The minimum Gasteiger partial charge on any atom is -0.486 e. The summed E-state index contributed by atoms with van der Waals surface area (Å²) in [6.45, 7) is 4.04. The highest BCUT2D eigenvalue weighted by Crippen LogP contribution is 2.39. The average molecular weight is 240 g/mol. The molecule has 1 heterocycles. The summed E-state index contributed by atoms with van der Waals surface area (Å²) < 4.78 is 5.80. The van der Waals surface area contributed by atoms with Gasteiger partial charge in [-0.3, -0.25) is 4.79 Å². The second kappa shape index (κ2) is 3.67. The van der Waals surface area contributed by atoms with E-state index < -0.39 is 5.91 Å². The Morgan fingerprint density at radius 1 is 1.50 bits per heavy atom. The molecule has 86 valence electrons. The van der Waals surface area contributed by atoms with E-state index in [-0.39, 0.29) is 5.60 Å². The number of aryl methyl sites for hydroxylation is 1. The highest BCUT2D eigenvalue weighted by molar-refractivity contribution is 6.32. The van der Waals surface area contributed by atoms with Gasteiger partial charge in [-0.15, -0.1) is 0 Å². The third kappa shape index (κ3) is 2.00. The van der Waals surface area contributed by atoms with E-state index in [1.54, 1.807) is 12.1 Å². The maximum absolute atomic E-state index is 11.1. The zero-order valence-electron chi connectivity index (χ0n) is 9.34. The van der Waals surface area contributed by atoms with Crippen LogP contribution in [0.2, 0.25) is 5.02 Å². The smallest absolute Gasteiger partial charge is 0.248 e. The van der Waals surface area contributed by atoms with E-state index in [0.29, 0.717) is 16.3 Å². The Morgan fingerprint density at radius 2 is 2.19 bits per heavy atom. The number of halogens is 1. The van der Waals surface area contributed by atoms with E-state index in [1.165, 1.54) is 0 Å².